The summed E-state index contributed by atoms with van der Waals surface area (Å²) in [5.41, 5.74) is 9.13. The van der Waals surface area contributed by atoms with Crippen LogP contribution in [0.2, 0.25) is 0 Å². The first kappa shape index (κ1) is 25.2. The fraction of sp³-hybridized carbons (Fsp3) is 0.538. The van der Waals surface area contributed by atoms with E-state index in [9.17, 15) is 9.90 Å². The first-order chi connectivity index (χ1) is 17.8. The topological polar surface area (TPSA) is 135 Å². The number of amides is 1. The third-order valence-corrected chi connectivity index (χ3v) is 7.37. The second-order valence-electron chi connectivity index (χ2n) is 10.5. The molecule has 0 unspecified atom stereocenters. The van der Waals surface area contributed by atoms with Gasteiger partial charge in [-0.2, -0.15) is 10.1 Å². The molecule has 0 saturated carbocycles. The number of nitrogens with two attached hydrogens (primary N) is 1. The van der Waals surface area contributed by atoms with Crippen molar-refractivity contribution in [3.8, 4) is 5.75 Å². The lowest BCUT2D eigenvalue weighted by atomic mass is 9.73. The van der Waals surface area contributed by atoms with Gasteiger partial charge < -0.3 is 30.7 Å². The van der Waals surface area contributed by atoms with E-state index >= 15 is 0 Å². The number of aliphatic hydroxyl groups excluding tert-OH is 1. The highest BCUT2D eigenvalue weighted by Gasteiger charge is 2.51. The summed E-state index contributed by atoms with van der Waals surface area (Å²) in [7, 11) is 3.72. The molecular formula is C26H36N8O3. The minimum Gasteiger partial charge on any atom is -0.496 e. The lowest BCUT2D eigenvalue weighted by molar-refractivity contribution is -0.0872. The normalized spacial score (nSPS) is 17.5. The van der Waals surface area contributed by atoms with Gasteiger partial charge in [0.25, 0.3) is 5.91 Å². The molecule has 198 valence electrons. The molecule has 5 rings (SSSR count). The van der Waals surface area contributed by atoms with Crippen LogP contribution in [0.3, 0.4) is 0 Å². The van der Waals surface area contributed by atoms with Crippen molar-refractivity contribution in [2.45, 2.75) is 38.8 Å². The highest BCUT2D eigenvalue weighted by molar-refractivity contribution is 5.95. The first-order valence-corrected chi connectivity index (χ1v) is 12.9. The number of hydrogen-bond donors (Lipinski definition) is 3. The molecule has 0 aliphatic carbocycles. The summed E-state index contributed by atoms with van der Waals surface area (Å²) >= 11 is 0. The van der Waals surface area contributed by atoms with E-state index in [1.165, 1.54) is 0 Å². The number of carbonyl (C=O) groups is 1. The minimum absolute atomic E-state index is 0.0378. The number of rotatable bonds is 10. The number of methoxy groups -OCH3 is 1. The number of hydrogen-bond acceptors (Lipinski definition) is 9. The zero-order valence-electron chi connectivity index (χ0n) is 21.8. The zero-order chi connectivity index (χ0) is 26.2. The Morgan fingerprint density at radius 3 is 2.70 bits per heavy atom. The summed E-state index contributed by atoms with van der Waals surface area (Å²) in [5.74, 6) is 1.42. The number of nitrogens with zero attached hydrogens (tertiary/aromatic N) is 6. The van der Waals surface area contributed by atoms with E-state index in [-0.39, 0.29) is 24.5 Å². The summed E-state index contributed by atoms with van der Waals surface area (Å²) in [6.45, 7) is 6.33. The Kier molecular flexibility index (Phi) is 6.91. The molecule has 11 nitrogen and oxygen atoms in total. The monoisotopic (exact) mass is 508 g/mol. The number of anilines is 2. The Balaban J connectivity index is 1.37. The highest BCUT2D eigenvalue weighted by atomic mass is 16.5. The Morgan fingerprint density at radius 1 is 1.24 bits per heavy atom. The van der Waals surface area contributed by atoms with Gasteiger partial charge in [0.15, 0.2) is 5.82 Å². The quantitative estimate of drug-likeness (QED) is 0.375. The van der Waals surface area contributed by atoms with Crippen LogP contribution in [0.5, 0.6) is 5.75 Å². The molecule has 2 aliphatic heterocycles. The van der Waals surface area contributed by atoms with Gasteiger partial charge in [0, 0.05) is 55.4 Å². The van der Waals surface area contributed by atoms with Gasteiger partial charge in [-0.3, -0.25) is 9.48 Å². The molecule has 4 heterocycles. The summed E-state index contributed by atoms with van der Waals surface area (Å²) in [5, 5.41) is 17.5. The molecule has 37 heavy (non-hydrogen) atoms. The molecular weight excluding hydrogens is 472 g/mol. The number of aromatic nitrogens is 4. The first-order valence-electron chi connectivity index (χ1n) is 12.9. The second kappa shape index (κ2) is 10.1. The van der Waals surface area contributed by atoms with Gasteiger partial charge in [-0.05, 0) is 32.0 Å². The average Bonchev–Trinajstić information content (AvgIpc) is 3.23. The molecule has 3 aromatic rings. The van der Waals surface area contributed by atoms with E-state index < -0.39 is 0 Å². The molecule has 2 aliphatic rings. The van der Waals surface area contributed by atoms with Crippen LogP contribution >= 0.6 is 0 Å². The maximum atomic E-state index is 13.1. The van der Waals surface area contributed by atoms with Crippen LogP contribution in [0.1, 0.15) is 42.1 Å². The summed E-state index contributed by atoms with van der Waals surface area (Å²) < 4.78 is 7.49. The van der Waals surface area contributed by atoms with E-state index in [0.717, 1.165) is 50.1 Å². The summed E-state index contributed by atoms with van der Waals surface area (Å²) in [4.78, 5) is 26.1. The number of nitrogens with one attached hydrogen (secondary N) is 1. The van der Waals surface area contributed by atoms with Crippen LogP contribution in [0.25, 0.3) is 11.0 Å². The Bertz CT molecular complexity index is 1270. The molecule has 2 fully saturated rings. The SMILES string of the molecule is CCC[C@@H](CCO)Nc1nc(N)nc2cnn(Cc3ccc(C(=O)N4CC5(CN(C)C5)C4)cc3OC)c12. The molecule has 4 N–H and O–H groups in total. The van der Waals surface area contributed by atoms with Gasteiger partial charge in [0.05, 0.1) is 19.9 Å². The Labute approximate surface area is 216 Å². The molecule has 2 aromatic heterocycles. The fourth-order valence-electron chi connectivity index (χ4n) is 5.78. The van der Waals surface area contributed by atoms with Crippen molar-refractivity contribution in [3.63, 3.8) is 0 Å². The lowest BCUT2D eigenvalue weighted by Crippen LogP contribution is -2.72. The molecule has 1 spiro atoms. The van der Waals surface area contributed by atoms with Crippen molar-refractivity contribution >= 4 is 28.7 Å². The smallest absolute Gasteiger partial charge is 0.254 e. The molecule has 1 aromatic carbocycles. The number of fused-ring (bicyclic) bond motifs is 1. The van der Waals surface area contributed by atoms with Gasteiger partial charge in [-0.25, -0.2) is 4.98 Å². The molecule has 1 amide bonds. The van der Waals surface area contributed by atoms with E-state index in [1.54, 1.807) is 13.3 Å². The standard InChI is InChI=1S/C26H36N8O3/c1-4-5-19(8-9-35)29-23-22-20(30-25(27)31-23)11-28-34(22)12-18-7-6-17(10-21(18)37-3)24(36)33-15-26(16-33)13-32(2)14-26/h6-7,10-11,19,35H,4-5,8-9,12-16H2,1-3H3,(H3,27,29,30,31)/t19-/m0/s1. The van der Waals surface area contributed by atoms with Crippen molar-refractivity contribution < 1.29 is 14.6 Å². The van der Waals surface area contributed by atoms with Crippen molar-refractivity contribution in [3.05, 3.63) is 35.5 Å². The third kappa shape index (κ3) is 4.93. The van der Waals surface area contributed by atoms with Gasteiger partial charge in [-0.15, -0.1) is 0 Å². The Hall–Kier alpha value is -3.44. The molecule has 2 saturated heterocycles. The predicted molar refractivity (Wildman–Crippen MR) is 142 cm³/mol. The van der Waals surface area contributed by atoms with Crippen LogP contribution < -0.4 is 15.8 Å². The molecule has 1 atom stereocenters. The maximum absolute atomic E-state index is 13.1. The van der Waals surface area contributed by atoms with Crippen LogP contribution in [0.4, 0.5) is 11.8 Å². The van der Waals surface area contributed by atoms with E-state index in [4.69, 9.17) is 10.5 Å². The number of nitrogen functional groups attached to an aromatic ring is 1. The van der Waals surface area contributed by atoms with Crippen LogP contribution in [-0.4, -0.2) is 93.5 Å². The summed E-state index contributed by atoms with van der Waals surface area (Å²) in [6, 6.07) is 5.64. The second-order valence-corrected chi connectivity index (χ2v) is 10.5. The Morgan fingerprint density at radius 2 is 2.03 bits per heavy atom. The molecule has 0 bridgehead atoms. The van der Waals surface area contributed by atoms with Crippen molar-refractivity contribution in [2.24, 2.45) is 5.41 Å². The highest BCUT2D eigenvalue weighted by Crippen LogP contribution is 2.39. The average molecular weight is 509 g/mol. The van der Waals surface area contributed by atoms with Crippen molar-refractivity contribution in [1.82, 2.24) is 29.5 Å². The minimum atomic E-state index is 0.0378. The molecule has 0 radical (unpaired) electrons. The van der Waals surface area contributed by atoms with Gasteiger partial charge in [0.1, 0.15) is 16.8 Å². The largest absolute Gasteiger partial charge is 0.496 e. The van der Waals surface area contributed by atoms with E-state index in [2.05, 4.69) is 39.3 Å². The van der Waals surface area contributed by atoms with Crippen LogP contribution in [0, 0.1) is 5.41 Å². The van der Waals surface area contributed by atoms with Crippen molar-refractivity contribution in [2.75, 3.05) is 58.0 Å². The fourth-order valence-corrected chi connectivity index (χ4v) is 5.78. The maximum Gasteiger partial charge on any atom is 0.254 e. The summed E-state index contributed by atoms with van der Waals surface area (Å²) in [6.07, 6.45) is 4.13. The predicted octanol–water partition coefficient (Wildman–Crippen LogP) is 1.82. The molecule has 11 heteroatoms. The van der Waals surface area contributed by atoms with E-state index in [1.807, 2.05) is 27.8 Å². The zero-order valence-corrected chi connectivity index (χ0v) is 21.8. The number of benzene rings is 1. The lowest BCUT2D eigenvalue weighted by Gasteiger charge is -2.59. The number of carbonyl (C=O) groups excluding carboxylic acids is 1. The third-order valence-electron chi connectivity index (χ3n) is 7.37. The van der Waals surface area contributed by atoms with Crippen LogP contribution in [0.15, 0.2) is 24.4 Å². The van der Waals surface area contributed by atoms with Gasteiger partial charge >= 0.3 is 0 Å². The van der Waals surface area contributed by atoms with Crippen molar-refractivity contribution in [1.29, 1.82) is 0 Å². The van der Waals surface area contributed by atoms with E-state index in [0.29, 0.717) is 41.0 Å². The van der Waals surface area contributed by atoms with Gasteiger partial charge in [-0.1, -0.05) is 19.4 Å². The number of likely N-dealkylation sites (tertiary alicyclic amines) is 2. The number of aliphatic hydroxyl groups is 1. The number of ether oxygens (including phenoxy) is 1. The van der Waals surface area contributed by atoms with Gasteiger partial charge in [0.2, 0.25) is 5.95 Å². The van der Waals surface area contributed by atoms with Crippen LogP contribution in [-0.2, 0) is 6.54 Å².